The van der Waals surface area contributed by atoms with E-state index in [-0.39, 0.29) is 0 Å². The van der Waals surface area contributed by atoms with Gasteiger partial charge < -0.3 is 14.8 Å². The minimum absolute atomic E-state index is 0.818. The van der Waals surface area contributed by atoms with Crippen LogP contribution in [0.2, 0.25) is 0 Å². The summed E-state index contributed by atoms with van der Waals surface area (Å²) in [6.45, 7) is 0.831. The Morgan fingerprint density at radius 1 is 0.870 bits per heavy atom. The summed E-state index contributed by atoms with van der Waals surface area (Å²) in [4.78, 5) is 0. The SMILES string of the molecule is COc1ccc(OC)c(NCCc2cccc3ccccc23)c1. The zero-order chi connectivity index (χ0) is 16.1. The molecule has 0 unspecified atom stereocenters. The van der Waals surface area contributed by atoms with E-state index >= 15 is 0 Å². The predicted molar refractivity (Wildman–Crippen MR) is 95.7 cm³/mol. The van der Waals surface area contributed by atoms with Crippen molar-refractivity contribution in [2.45, 2.75) is 6.42 Å². The van der Waals surface area contributed by atoms with Crippen LogP contribution in [0.5, 0.6) is 11.5 Å². The number of methoxy groups -OCH3 is 2. The largest absolute Gasteiger partial charge is 0.497 e. The lowest BCUT2D eigenvalue weighted by atomic mass is 10.0. The van der Waals surface area contributed by atoms with Crippen molar-refractivity contribution in [3.05, 3.63) is 66.2 Å². The molecule has 0 heterocycles. The van der Waals surface area contributed by atoms with Crippen LogP contribution < -0.4 is 14.8 Å². The molecule has 0 saturated heterocycles. The van der Waals surface area contributed by atoms with E-state index in [1.54, 1.807) is 14.2 Å². The number of ether oxygens (including phenoxy) is 2. The van der Waals surface area contributed by atoms with Crippen LogP contribution in [0.1, 0.15) is 5.56 Å². The van der Waals surface area contributed by atoms with Gasteiger partial charge in [-0.25, -0.2) is 0 Å². The Morgan fingerprint density at radius 2 is 1.70 bits per heavy atom. The highest BCUT2D eigenvalue weighted by atomic mass is 16.5. The number of anilines is 1. The quantitative estimate of drug-likeness (QED) is 0.726. The van der Waals surface area contributed by atoms with Gasteiger partial charge in [-0.15, -0.1) is 0 Å². The van der Waals surface area contributed by atoms with E-state index in [1.165, 1.54) is 16.3 Å². The van der Waals surface area contributed by atoms with E-state index < -0.39 is 0 Å². The molecule has 3 aromatic carbocycles. The Kier molecular flexibility index (Phi) is 4.67. The third kappa shape index (κ3) is 3.39. The van der Waals surface area contributed by atoms with Crippen molar-refractivity contribution >= 4 is 16.5 Å². The van der Waals surface area contributed by atoms with Crippen LogP contribution in [-0.2, 0) is 6.42 Å². The lowest BCUT2D eigenvalue weighted by molar-refractivity contribution is 0.404. The van der Waals surface area contributed by atoms with Crippen molar-refractivity contribution < 1.29 is 9.47 Å². The van der Waals surface area contributed by atoms with E-state index in [0.29, 0.717) is 0 Å². The Balaban J connectivity index is 1.74. The number of nitrogens with one attached hydrogen (secondary N) is 1. The molecular formula is C20H21NO2. The monoisotopic (exact) mass is 307 g/mol. The van der Waals surface area contributed by atoms with Crippen molar-refractivity contribution in [2.24, 2.45) is 0 Å². The summed E-state index contributed by atoms with van der Waals surface area (Å²) in [7, 11) is 3.35. The average Bonchev–Trinajstić information content (AvgIpc) is 2.61. The lowest BCUT2D eigenvalue weighted by Crippen LogP contribution is -2.06. The molecule has 0 spiro atoms. The van der Waals surface area contributed by atoms with Crippen molar-refractivity contribution in [1.82, 2.24) is 0 Å². The topological polar surface area (TPSA) is 30.5 Å². The van der Waals surface area contributed by atoms with E-state index in [4.69, 9.17) is 9.47 Å². The van der Waals surface area contributed by atoms with E-state index in [9.17, 15) is 0 Å². The van der Waals surface area contributed by atoms with Crippen LogP contribution in [0, 0.1) is 0 Å². The Labute approximate surface area is 136 Å². The van der Waals surface area contributed by atoms with Gasteiger partial charge in [-0.1, -0.05) is 42.5 Å². The second-order valence-electron chi connectivity index (χ2n) is 5.38. The first-order chi connectivity index (χ1) is 11.3. The molecule has 1 N–H and O–H groups in total. The van der Waals surface area contributed by atoms with Gasteiger partial charge in [0, 0.05) is 12.6 Å². The summed E-state index contributed by atoms with van der Waals surface area (Å²) in [5.41, 5.74) is 2.30. The van der Waals surface area contributed by atoms with Crippen molar-refractivity contribution in [2.75, 3.05) is 26.1 Å². The predicted octanol–water partition coefficient (Wildman–Crippen LogP) is 4.51. The Hall–Kier alpha value is -2.68. The Bertz CT molecular complexity index is 793. The van der Waals surface area contributed by atoms with Gasteiger partial charge in [-0.2, -0.15) is 0 Å². The number of fused-ring (bicyclic) bond motifs is 1. The summed E-state index contributed by atoms with van der Waals surface area (Å²) in [6.07, 6.45) is 0.946. The molecule has 3 nitrogen and oxygen atoms in total. The summed E-state index contributed by atoms with van der Waals surface area (Å²) >= 11 is 0. The Morgan fingerprint density at radius 3 is 2.52 bits per heavy atom. The minimum atomic E-state index is 0.818. The van der Waals surface area contributed by atoms with Crippen molar-refractivity contribution in [3.63, 3.8) is 0 Å². The fourth-order valence-electron chi connectivity index (χ4n) is 2.79. The minimum Gasteiger partial charge on any atom is -0.497 e. The average molecular weight is 307 g/mol. The maximum Gasteiger partial charge on any atom is 0.142 e. The van der Waals surface area contributed by atoms with Crippen LogP contribution >= 0.6 is 0 Å². The van der Waals surface area contributed by atoms with Crippen LogP contribution in [0.3, 0.4) is 0 Å². The van der Waals surface area contributed by atoms with Crippen LogP contribution in [0.15, 0.2) is 60.7 Å². The summed E-state index contributed by atoms with van der Waals surface area (Å²) in [5.74, 6) is 1.64. The van der Waals surface area contributed by atoms with E-state index in [0.717, 1.165) is 30.2 Å². The van der Waals surface area contributed by atoms with Gasteiger partial charge in [0.25, 0.3) is 0 Å². The maximum atomic E-state index is 5.40. The van der Waals surface area contributed by atoms with E-state index in [2.05, 4.69) is 47.8 Å². The molecule has 3 aromatic rings. The third-order valence-corrected chi connectivity index (χ3v) is 4.00. The molecule has 0 aliphatic rings. The summed E-state index contributed by atoms with van der Waals surface area (Å²) in [5, 5.41) is 6.04. The van der Waals surface area contributed by atoms with Gasteiger partial charge in [-0.3, -0.25) is 0 Å². The van der Waals surface area contributed by atoms with Gasteiger partial charge in [-0.05, 0) is 34.9 Å². The smallest absolute Gasteiger partial charge is 0.142 e. The highest BCUT2D eigenvalue weighted by molar-refractivity contribution is 5.85. The first-order valence-electron chi connectivity index (χ1n) is 7.74. The molecule has 0 atom stereocenters. The molecular weight excluding hydrogens is 286 g/mol. The molecule has 0 aromatic heterocycles. The lowest BCUT2D eigenvalue weighted by Gasteiger charge is -2.13. The third-order valence-electron chi connectivity index (χ3n) is 4.00. The molecule has 0 amide bonds. The molecule has 0 aliphatic heterocycles. The highest BCUT2D eigenvalue weighted by Crippen LogP contribution is 2.29. The molecule has 3 rings (SSSR count). The van der Waals surface area contributed by atoms with Crippen molar-refractivity contribution in [3.8, 4) is 11.5 Å². The molecule has 0 aliphatic carbocycles. The van der Waals surface area contributed by atoms with Gasteiger partial charge in [0.15, 0.2) is 0 Å². The first-order valence-corrected chi connectivity index (χ1v) is 7.74. The molecule has 118 valence electrons. The molecule has 0 radical (unpaired) electrons. The van der Waals surface area contributed by atoms with E-state index in [1.807, 2.05) is 18.2 Å². The fraction of sp³-hybridized carbons (Fsp3) is 0.200. The number of hydrogen-bond donors (Lipinski definition) is 1. The van der Waals surface area contributed by atoms with Crippen LogP contribution in [0.4, 0.5) is 5.69 Å². The van der Waals surface area contributed by atoms with Crippen LogP contribution in [0.25, 0.3) is 10.8 Å². The van der Waals surface area contributed by atoms with Gasteiger partial charge in [0.1, 0.15) is 11.5 Å². The highest BCUT2D eigenvalue weighted by Gasteiger charge is 2.05. The summed E-state index contributed by atoms with van der Waals surface area (Å²) in [6, 6.07) is 20.7. The molecule has 0 bridgehead atoms. The standard InChI is InChI=1S/C20H21NO2/c1-22-17-10-11-20(23-2)19(14-17)21-13-12-16-8-5-7-15-6-3-4-9-18(15)16/h3-11,14,21H,12-13H2,1-2H3. The van der Waals surface area contributed by atoms with Crippen molar-refractivity contribution in [1.29, 1.82) is 0 Å². The second-order valence-corrected chi connectivity index (χ2v) is 5.38. The van der Waals surface area contributed by atoms with Gasteiger partial charge >= 0.3 is 0 Å². The maximum absolute atomic E-state index is 5.40. The summed E-state index contributed by atoms with van der Waals surface area (Å²) < 4.78 is 10.7. The zero-order valence-electron chi connectivity index (χ0n) is 13.5. The molecule has 3 heteroatoms. The number of hydrogen-bond acceptors (Lipinski definition) is 3. The van der Waals surface area contributed by atoms with Gasteiger partial charge in [0.05, 0.1) is 19.9 Å². The number of rotatable bonds is 6. The second kappa shape index (κ2) is 7.05. The van der Waals surface area contributed by atoms with Gasteiger partial charge in [0.2, 0.25) is 0 Å². The first kappa shape index (κ1) is 15.2. The number of benzene rings is 3. The van der Waals surface area contributed by atoms with Crippen LogP contribution in [-0.4, -0.2) is 20.8 Å². The fourth-order valence-corrected chi connectivity index (χ4v) is 2.79. The molecule has 0 saturated carbocycles. The molecule has 0 fully saturated rings. The molecule has 23 heavy (non-hydrogen) atoms. The zero-order valence-corrected chi connectivity index (χ0v) is 13.5. The normalized spacial score (nSPS) is 10.5.